The molecule has 0 saturated carbocycles. The number of fused-ring (bicyclic) bond motifs is 1. The maximum absolute atomic E-state index is 5.53. The molecule has 1 N–H and O–H groups in total. The Balaban J connectivity index is 1.77. The van der Waals surface area contributed by atoms with Crippen LogP contribution in [0.25, 0.3) is 0 Å². The number of piperidine rings is 1. The van der Waals surface area contributed by atoms with E-state index in [9.17, 15) is 0 Å². The molecule has 0 aromatic heterocycles. The number of hydrogen-bond donors (Lipinski definition) is 1. The number of benzene rings is 1. The average Bonchev–Trinajstić information content (AvgIpc) is 2.40. The van der Waals surface area contributed by atoms with E-state index in [0.717, 1.165) is 25.6 Å². The monoisotopic (exact) mass is 231 g/mol. The molecule has 1 saturated heterocycles. The van der Waals surface area contributed by atoms with Crippen molar-refractivity contribution >= 4 is 0 Å². The van der Waals surface area contributed by atoms with Gasteiger partial charge in [-0.25, -0.2) is 0 Å². The Kier molecular flexibility index (Phi) is 3.44. The molecule has 0 spiro atoms. The van der Waals surface area contributed by atoms with Crippen LogP contribution in [0.4, 0.5) is 0 Å². The molecule has 1 aromatic carbocycles. The number of nitrogens with one attached hydrogen (secondary N) is 1. The van der Waals surface area contributed by atoms with Crippen molar-refractivity contribution in [3.8, 4) is 0 Å². The minimum atomic E-state index is 0.812. The summed E-state index contributed by atoms with van der Waals surface area (Å²) < 4.78 is 5.53. The molecule has 92 valence electrons. The molecule has 2 aliphatic rings. The second-order valence-electron chi connectivity index (χ2n) is 5.27. The molecule has 2 heteroatoms. The van der Waals surface area contributed by atoms with Crippen LogP contribution >= 0.6 is 0 Å². The van der Waals surface area contributed by atoms with Gasteiger partial charge >= 0.3 is 0 Å². The lowest BCUT2D eigenvalue weighted by Crippen LogP contribution is -2.31. The predicted molar refractivity (Wildman–Crippen MR) is 69.1 cm³/mol. The predicted octanol–water partition coefficient (Wildman–Crippen LogP) is 2.30. The van der Waals surface area contributed by atoms with Gasteiger partial charge in [0.15, 0.2) is 0 Å². The zero-order chi connectivity index (χ0) is 11.5. The van der Waals surface area contributed by atoms with Crippen LogP contribution in [-0.2, 0) is 24.2 Å². The van der Waals surface area contributed by atoms with Gasteiger partial charge in [-0.15, -0.1) is 0 Å². The van der Waals surface area contributed by atoms with Crippen LogP contribution in [0.3, 0.4) is 0 Å². The minimum Gasteiger partial charge on any atom is -0.376 e. The van der Waals surface area contributed by atoms with E-state index in [4.69, 9.17) is 4.74 Å². The summed E-state index contributed by atoms with van der Waals surface area (Å²) in [7, 11) is 0. The average molecular weight is 231 g/mol. The highest BCUT2D eigenvalue weighted by molar-refractivity contribution is 5.36. The van der Waals surface area contributed by atoms with Crippen LogP contribution in [-0.4, -0.2) is 19.7 Å². The summed E-state index contributed by atoms with van der Waals surface area (Å²) >= 11 is 0. The van der Waals surface area contributed by atoms with Crippen molar-refractivity contribution in [2.75, 3.05) is 19.7 Å². The van der Waals surface area contributed by atoms with Crippen molar-refractivity contribution < 1.29 is 4.74 Å². The van der Waals surface area contributed by atoms with Gasteiger partial charge in [0.05, 0.1) is 13.2 Å². The Labute approximate surface area is 103 Å². The van der Waals surface area contributed by atoms with E-state index in [1.807, 2.05) is 0 Å². The lowest BCUT2D eigenvalue weighted by atomic mass is 9.87. The smallest absolute Gasteiger partial charge is 0.0719 e. The van der Waals surface area contributed by atoms with Crippen LogP contribution in [0, 0.1) is 5.92 Å². The van der Waals surface area contributed by atoms with Crippen molar-refractivity contribution in [3.63, 3.8) is 0 Å². The first-order chi connectivity index (χ1) is 8.43. The molecule has 2 heterocycles. The van der Waals surface area contributed by atoms with Gasteiger partial charge < -0.3 is 10.1 Å². The highest BCUT2D eigenvalue weighted by atomic mass is 16.5. The third kappa shape index (κ3) is 2.53. The molecule has 0 aliphatic carbocycles. The maximum atomic E-state index is 5.53. The lowest BCUT2D eigenvalue weighted by Gasteiger charge is -2.25. The molecule has 0 amide bonds. The fourth-order valence-corrected chi connectivity index (χ4v) is 3.10. The van der Waals surface area contributed by atoms with Crippen molar-refractivity contribution in [1.29, 1.82) is 0 Å². The molecule has 17 heavy (non-hydrogen) atoms. The van der Waals surface area contributed by atoms with E-state index >= 15 is 0 Å². The second kappa shape index (κ2) is 5.19. The van der Waals surface area contributed by atoms with Gasteiger partial charge in [0.25, 0.3) is 0 Å². The zero-order valence-electron chi connectivity index (χ0n) is 10.4. The van der Waals surface area contributed by atoms with E-state index in [1.54, 1.807) is 11.1 Å². The fraction of sp³-hybridized carbons (Fsp3) is 0.600. The fourth-order valence-electron chi connectivity index (χ4n) is 3.10. The van der Waals surface area contributed by atoms with E-state index in [1.165, 1.54) is 37.9 Å². The van der Waals surface area contributed by atoms with E-state index in [0.29, 0.717) is 0 Å². The van der Waals surface area contributed by atoms with Gasteiger partial charge in [-0.1, -0.05) is 18.2 Å². The van der Waals surface area contributed by atoms with Crippen LogP contribution in [0.5, 0.6) is 0 Å². The van der Waals surface area contributed by atoms with Crippen molar-refractivity contribution in [2.45, 2.75) is 32.3 Å². The van der Waals surface area contributed by atoms with Gasteiger partial charge in [-0.2, -0.15) is 0 Å². The number of ether oxygens (including phenoxy) is 1. The second-order valence-corrected chi connectivity index (χ2v) is 5.27. The van der Waals surface area contributed by atoms with Crippen LogP contribution in [0.1, 0.15) is 29.5 Å². The zero-order valence-corrected chi connectivity index (χ0v) is 10.4. The Hall–Kier alpha value is -0.860. The van der Waals surface area contributed by atoms with Gasteiger partial charge in [0.2, 0.25) is 0 Å². The maximum Gasteiger partial charge on any atom is 0.0719 e. The standard InChI is InChI=1S/C15H21NO/c1-4-13(9-12-3-2-7-16-10-12)15-6-8-17-11-14(15)5-1/h1,4-5,12,16H,2-3,6-11H2. The van der Waals surface area contributed by atoms with E-state index in [2.05, 4.69) is 23.5 Å². The lowest BCUT2D eigenvalue weighted by molar-refractivity contribution is 0.110. The molecule has 1 unspecified atom stereocenters. The van der Waals surface area contributed by atoms with Gasteiger partial charge in [-0.3, -0.25) is 0 Å². The van der Waals surface area contributed by atoms with Crippen molar-refractivity contribution in [2.24, 2.45) is 5.92 Å². The Morgan fingerprint density at radius 3 is 3.24 bits per heavy atom. The first-order valence-electron chi connectivity index (χ1n) is 6.81. The Morgan fingerprint density at radius 1 is 1.35 bits per heavy atom. The Bertz CT molecular complexity index is 383. The highest BCUT2D eigenvalue weighted by Crippen LogP contribution is 2.25. The normalized spacial score (nSPS) is 24.4. The molecule has 1 atom stereocenters. The minimum absolute atomic E-state index is 0.812. The molecule has 2 aliphatic heterocycles. The molecule has 1 aromatic rings. The van der Waals surface area contributed by atoms with Crippen molar-refractivity contribution in [3.05, 3.63) is 34.9 Å². The largest absolute Gasteiger partial charge is 0.376 e. The van der Waals surface area contributed by atoms with Crippen LogP contribution in [0.2, 0.25) is 0 Å². The summed E-state index contributed by atoms with van der Waals surface area (Å²) in [5, 5.41) is 3.51. The molecule has 0 radical (unpaired) electrons. The summed E-state index contributed by atoms with van der Waals surface area (Å²) in [5.41, 5.74) is 4.56. The quantitative estimate of drug-likeness (QED) is 0.843. The molecular weight excluding hydrogens is 210 g/mol. The first-order valence-corrected chi connectivity index (χ1v) is 6.81. The number of rotatable bonds is 2. The molecule has 3 rings (SSSR count). The van der Waals surface area contributed by atoms with Gasteiger partial charge in [-0.05, 0) is 61.4 Å². The summed E-state index contributed by atoms with van der Waals surface area (Å²) in [5.74, 6) is 0.832. The van der Waals surface area contributed by atoms with Crippen molar-refractivity contribution in [1.82, 2.24) is 5.32 Å². The first kappa shape index (κ1) is 11.2. The molecule has 0 bridgehead atoms. The topological polar surface area (TPSA) is 21.3 Å². The van der Waals surface area contributed by atoms with Gasteiger partial charge in [0.1, 0.15) is 0 Å². The molecule has 2 nitrogen and oxygen atoms in total. The van der Waals surface area contributed by atoms with Crippen LogP contribution < -0.4 is 5.32 Å². The third-order valence-corrected chi connectivity index (χ3v) is 4.03. The summed E-state index contributed by atoms with van der Waals surface area (Å²) in [6.07, 6.45) is 5.07. The van der Waals surface area contributed by atoms with E-state index in [-0.39, 0.29) is 0 Å². The van der Waals surface area contributed by atoms with Crippen LogP contribution in [0.15, 0.2) is 18.2 Å². The van der Waals surface area contributed by atoms with E-state index < -0.39 is 0 Å². The summed E-state index contributed by atoms with van der Waals surface area (Å²) in [6.45, 7) is 4.11. The SMILES string of the molecule is c1cc2c(c(CC3CCCNC3)c1)CCOC2. The Morgan fingerprint density at radius 2 is 2.35 bits per heavy atom. The third-order valence-electron chi connectivity index (χ3n) is 4.03. The highest BCUT2D eigenvalue weighted by Gasteiger charge is 2.18. The molecule has 1 fully saturated rings. The number of hydrogen-bond acceptors (Lipinski definition) is 2. The summed E-state index contributed by atoms with van der Waals surface area (Å²) in [4.78, 5) is 0. The summed E-state index contributed by atoms with van der Waals surface area (Å²) in [6, 6.07) is 6.73. The van der Waals surface area contributed by atoms with Gasteiger partial charge in [0, 0.05) is 0 Å². The molecular formula is C15H21NO.